The molecule has 0 unspecified atom stereocenters. The highest BCUT2D eigenvalue weighted by Gasteiger charge is 2.27. The van der Waals surface area contributed by atoms with Crippen LogP contribution in [0.5, 0.6) is 0 Å². The van der Waals surface area contributed by atoms with Gasteiger partial charge >= 0.3 is 6.09 Å². The minimum atomic E-state index is -0.495. The summed E-state index contributed by atoms with van der Waals surface area (Å²) in [7, 11) is 0. The lowest BCUT2D eigenvalue weighted by atomic mass is 10.1. The third-order valence-corrected chi connectivity index (χ3v) is 4.89. The Kier molecular flexibility index (Phi) is 8.50. The van der Waals surface area contributed by atoms with Crippen LogP contribution in [-0.4, -0.2) is 60.8 Å². The average Bonchev–Trinajstić information content (AvgIpc) is 3.14. The van der Waals surface area contributed by atoms with Crippen LogP contribution in [0, 0.1) is 5.82 Å². The van der Waals surface area contributed by atoms with E-state index < -0.39 is 5.60 Å². The molecule has 0 aromatic heterocycles. The number of piperazine rings is 1. The number of amides is 1. The summed E-state index contributed by atoms with van der Waals surface area (Å²) in [5.41, 5.74) is 1.16. The fourth-order valence-electron chi connectivity index (χ4n) is 3.56. The third-order valence-electron chi connectivity index (χ3n) is 4.89. The highest BCUT2D eigenvalue weighted by molar-refractivity contribution is 5.68. The monoisotopic (exact) mass is 405 g/mol. The van der Waals surface area contributed by atoms with Crippen molar-refractivity contribution in [3.8, 4) is 0 Å². The molecule has 2 aliphatic heterocycles. The third kappa shape index (κ3) is 7.35. The van der Waals surface area contributed by atoms with Crippen molar-refractivity contribution in [1.29, 1.82) is 0 Å². The summed E-state index contributed by atoms with van der Waals surface area (Å²) in [6, 6.07) is 5.56. The van der Waals surface area contributed by atoms with Gasteiger partial charge in [0.15, 0.2) is 0 Å². The van der Waals surface area contributed by atoms with E-state index in [0.29, 0.717) is 31.9 Å². The Labute approximate surface area is 175 Å². The predicted molar refractivity (Wildman–Crippen MR) is 117 cm³/mol. The lowest BCUT2D eigenvalue weighted by Gasteiger charge is -2.37. The van der Waals surface area contributed by atoms with E-state index in [0.717, 1.165) is 25.2 Å². The van der Waals surface area contributed by atoms with Crippen LogP contribution in [-0.2, 0) is 11.3 Å². The molecule has 2 fully saturated rings. The first-order valence-corrected chi connectivity index (χ1v) is 10.5. The Morgan fingerprint density at radius 2 is 1.72 bits per heavy atom. The van der Waals surface area contributed by atoms with Gasteiger partial charge in [0.2, 0.25) is 0 Å². The molecule has 0 saturated carbocycles. The fraction of sp³-hybridized carbons (Fsp3) is 0.609. The Bertz CT molecular complexity index is 673. The minimum Gasteiger partial charge on any atom is -0.444 e. The molecular formula is C23H36FN3O2. The van der Waals surface area contributed by atoms with Gasteiger partial charge in [0, 0.05) is 32.7 Å². The van der Waals surface area contributed by atoms with Crippen LogP contribution in [0.2, 0.25) is 0 Å². The smallest absolute Gasteiger partial charge is 0.410 e. The zero-order valence-electron chi connectivity index (χ0n) is 18.4. The predicted octanol–water partition coefficient (Wildman–Crippen LogP) is 4.67. The van der Waals surface area contributed by atoms with Crippen molar-refractivity contribution in [2.75, 3.05) is 44.2 Å². The lowest BCUT2D eigenvalue weighted by Crippen LogP contribution is -2.50. The number of anilines is 1. The molecule has 2 heterocycles. The van der Waals surface area contributed by atoms with E-state index in [4.69, 9.17) is 4.74 Å². The number of ether oxygens (including phenoxy) is 1. The van der Waals surface area contributed by atoms with Crippen molar-refractivity contribution in [2.24, 2.45) is 0 Å². The van der Waals surface area contributed by atoms with Crippen molar-refractivity contribution in [3.63, 3.8) is 0 Å². The number of likely N-dealkylation sites (tertiary alicyclic amines) is 1. The number of benzene rings is 1. The van der Waals surface area contributed by atoms with Gasteiger partial charge in [-0.25, -0.2) is 9.18 Å². The van der Waals surface area contributed by atoms with Gasteiger partial charge in [-0.15, -0.1) is 6.58 Å². The number of nitrogens with zero attached hydrogens (tertiary/aromatic N) is 3. The first-order chi connectivity index (χ1) is 13.7. The van der Waals surface area contributed by atoms with Crippen molar-refractivity contribution in [3.05, 3.63) is 42.2 Å². The molecule has 1 aromatic carbocycles. The summed E-state index contributed by atoms with van der Waals surface area (Å²) in [4.78, 5) is 18.2. The fourth-order valence-corrected chi connectivity index (χ4v) is 3.56. The summed E-state index contributed by atoms with van der Waals surface area (Å²) in [5.74, 6) is -0.174. The van der Waals surface area contributed by atoms with Crippen molar-refractivity contribution < 1.29 is 13.9 Å². The number of allylic oxidation sites excluding steroid dienone is 1. The molecule has 0 atom stereocenters. The van der Waals surface area contributed by atoms with E-state index in [9.17, 15) is 9.18 Å². The molecule has 2 saturated heterocycles. The van der Waals surface area contributed by atoms with Gasteiger partial charge in [0.1, 0.15) is 11.4 Å². The van der Waals surface area contributed by atoms with Crippen LogP contribution in [0.4, 0.5) is 14.9 Å². The summed E-state index contributed by atoms with van der Waals surface area (Å²) in [5, 5.41) is 0. The summed E-state index contributed by atoms with van der Waals surface area (Å²) >= 11 is 0. The molecule has 0 N–H and O–H groups in total. The first-order valence-electron chi connectivity index (χ1n) is 10.5. The molecule has 2 aliphatic rings. The number of halogens is 1. The van der Waals surface area contributed by atoms with E-state index in [1.807, 2.05) is 44.7 Å². The molecule has 3 rings (SSSR count). The van der Waals surface area contributed by atoms with Gasteiger partial charge in [-0.1, -0.05) is 12.1 Å². The molecule has 1 amide bonds. The Morgan fingerprint density at radius 1 is 1.14 bits per heavy atom. The molecule has 1 aromatic rings. The maximum absolute atomic E-state index is 14.6. The van der Waals surface area contributed by atoms with Crippen LogP contribution < -0.4 is 4.90 Å². The van der Waals surface area contributed by atoms with Gasteiger partial charge < -0.3 is 14.5 Å². The second kappa shape index (κ2) is 10.6. The number of hydrogen-bond donors (Lipinski definition) is 0. The average molecular weight is 406 g/mol. The van der Waals surface area contributed by atoms with Gasteiger partial charge in [-0.2, -0.15) is 0 Å². The zero-order chi connectivity index (χ0) is 21.4. The van der Waals surface area contributed by atoms with Gasteiger partial charge in [-0.3, -0.25) is 4.90 Å². The number of carbonyl (C=O) groups is 1. The van der Waals surface area contributed by atoms with E-state index in [-0.39, 0.29) is 11.9 Å². The second-order valence-corrected chi connectivity index (χ2v) is 8.63. The highest BCUT2D eigenvalue weighted by Crippen LogP contribution is 2.24. The van der Waals surface area contributed by atoms with Gasteiger partial charge in [0.25, 0.3) is 0 Å². The molecule has 6 heteroatoms. The van der Waals surface area contributed by atoms with E-state index in [1.54, 1.807) is 17.0 Å². The number of carbonyl (C=O) groups excluding carboxylic acids is 1. The van der Waals surface area contributed by atoms with E-state index in [1.165, 1.54) is 12.8 Å². The van der Waals surface area contributed by atoms with E-state index >= 15 is 0 Å². The van der Waals surface area contributed by atoms with Gasteiger partial charge in [0.05, 0.1) is 5.69 Å². The number of rotatable bonds is 3. The van der Waals surface area contributed by atoms with Crippen LogP contribution >= 0.6 is 0 Å². The zero-order valence-corrected chi connectivity index (χ0v) is 18.4. The quantitative estimate of drug-likeness (QED) is 0.685. The topological polar surface area (TPSA) is 36.0 Å². The lowest BCUT2D eigenvalue weighted by molar-refractivity contribution is 0.0240. The highest BCUT2D eigenvalue weighted by atomic mass is 19.1. The molecule has 29 heavy (non-hydrogen) atoms. The molecule has 0 bridgehead atoms. The molecular weight excluding hydrogens is 369 g/mol. The molecule has 0 aliphatic carbocycles. The summed E-state index contributed by atoms with van der Waals surface area (Å²) in [6.07, 6.45) is 3.93. The largest absolute Gasteiger partial charge is 0.444 e. The van der Waals surface area contributed by atoms with Crippen LogP contribution in [0.3, 0.4) is 0 Å². The van der Waals surface area contributed by atoms with Crippen molar-refractivity contribution in [2.45, 2.75) is 52.7 Å². The van der Waals surface area contributed by atoms with Crippen molar-refractivity contribution in [1.82, 2.24) is 9.80 Å². The SMILES string of the molecule is C=CC.CC(C)(C)OC(=O)N1CCN(c2ccc(CN3CCCC3)cc2F)CC1. The maximum atomic E-state index is 14.6. The Hall–Kier alpha value is -2.08. The van der Waals surface area contributed by atoms with Crippen LogP contribution in [0.1, 0.15) is 46.1 Å². The molecule has 0 radical (unpaired) electrons. The Balaban J connectivity index is 0.000000941. The molecule has 0 spiro atoms. The second-order valence-electron chi connectivity index (χ2n) is 8.63. The summed E-state index contributed by atoms with van der Waals surface area (Å²) in [6.45, 7) is 16.2. The van der Waals surface area contributed by atoms with E-state index in [2.05, 4.69) is 11.5 Å². The molecule has 5 nitrogen and oxygen atoms in total. The van der Waals surface area contributed by atoms with Crippen LogP contribution in [0.15, 0.2) is 30.9 Å². The maximum Gasteiger partial charge on any atom is 0.410 e. The molecule has 162 valence electrons. The van der Waals surface area contributed by atoms with Gasteiger partial charge in [-0.05, 0) is 71.3 Å². The van der Waals surface area contributed by atoms with Crippen LogP contribution in [0.25, 0.3) is 0 Å². The Morgan fingerprint density at radius 3 is 2.24 bits per heavy atom. The standard InChI is InChI=1S/C20H30FN3O2.C3H6/c1-20(2,3)26-19(25)24-12-10-23(11-13-24)18-7-6-16(14-17(18)21)15-22-8-4-5-9-22;1-3-2/h6-7,14H,4-5,8-13,15H2,1-3H3;3H,1H2,2H3. The normalized spacial score (nSPS) is 17.6. The minimum absolute atomic E-state index is 0.174. The van der Waals surface area contributed by atoms with Crippen molar-refractivity contribution >= 4 is 11.8 Å². The number of hydrogen-bond acceptors (Lipinski definition) is 4. The first kappa shape index (κ1) is 23.2. The summed E-state index contributed by atoms with van der Waals surface area (Å²) < 4.78 is 20.0.